The van der Waals surface area contributed by atoms with Crippen LogP contribution in [-0.2, 0) is 7.05 Å². The standard InChI is InChI=1S/C3H4N2O3.Na/c1-5-2(6)4-8-3(5)7;/h1H3,(H,4,6);/q;+1. The molecule has 1 aromatic rings. The molecule has 0 aliphatic heterocycles. The van der Waals surface area contributed by atoms with Crippen LogP contribution < -0.4 is 41.0 Å². The van der Waals surface area contributed by atoms with E-state index in [1.54, 1.807) is 0 Å². The van der Waals surface area contributed by atoms with Crippen molar-refractivity contribution in [3.05, 3.63) is 21.0 Å². The molecule has 0 atom stereocenters. The molecule has 1 aromatic heterocycles. The van der Waals surface area contributed by atoms with Crippen LogP contribution in [0.2, 0.25) is 0 Å². The van der Waals surface area contributed by atoms with E-state index in [0.717, 1.165) is 4.57 Å². The summed E-state index contributed by atoms with van der Waals surface area (Å²) in [7, 11) is 1.32. The first-order valence-corrected chi connectivity index (χ1v) is 1.96. The van der Waals surface area contributed by atoms with Crippen LogP contribution in [-0.4, -0.2) is 9.72 Å². The van der Waals surface area contributed by atoms with Crippen LogP contribution in [0.15, 0.2) is 14.1 Å². The number of rotatable bonds is 0. The monoisotopic (exact) mass is 139 g/mol. The predicted octanol–water partition coefficient (Wildman–Crippen LogP) is -4.33. The Hall–Kier alpha value is -0.260. The van der Waals surface area contributed by atoms with Gasteiger partial charge in [-0.25, -0.2) is 14.2 Å². The zero-order valence-electron chi connectivity index (χ0n) is 5.17. The summed E-state index contributed by atoms with van der Waals surface area (Å²) >= 11 is 0. The quantitative estimate of drug-likeness (QED) is 0.369. The number of nitrogens with zero attached hydrogens (tertiary/aromatic N) is 1. The van der Waals surface area contributed by atoms with Gasteiger partial charge in [0.2, 0.25) is 0 Å². The molecule has 9 heavy (non-hydrogen) atoms. The van der Waals surface area contributed by atoms with Crippen molar-refractivity contribution in [3.8, 4) is 0 Å². The topological polar surface area (TPSA) is 68.0 Å². The molecule has 1 N–H and O–H groups in total. The van der Waals surface area contributed by atoms with Crippen LogP contribution in [0.4, 0.5) is 0 Å². The maximum atomic E-state index is 10.3. The Labute approximate surface area is 71.9 Å². The van der Waals surface area contributed by atoms with Gasteiger partial charge in [0.1, 0.15) is 0 Å². The molecule has 0 spiro atoms. The van der Waals surface area contributed by atoms with Gasteiger partial charge < -0.3 is 4.52 Å². The van der Waals surface area contributed by atoms with Crippen LogP contribution in [0.3, 0.4) is 0 Å². The van der Waals surface area contributed by atoms with E-state index in [9.17, 15) is 9.59 Å². The van der Waals surface area contributed by atoms with Crippen LogP contribution in [0, 0.1) is 0 Å². The summed E-state index contributed by atoms with van der Waals surface area (Å²) in [4.78, 5) is 20.5. The zero-order chi connectivity index (χ0) is 6.15. The summed E-state index contributed by atoms with van der Waals surface area (Å²) in [6.07, 6.45) is 0. The van der Waals surface area contributed by atoms with Crippen molar-refractivity contribution in [2.45, 2.75) is 0 Å². The van der Waals surface area contributed by atoms with Gasteiger partial charge in [-0.05, 0) is 0 Å². The molecule has 0 unspecified atom stereocenters. The Morgan fingerprint density at radius 2 is 2.11 bits per heavy atom. The Balaban J connectivity index is 0.000000640. The Bertz CT molecular complexity index is 254. The van der Waals surface area contributed by atoms with Crippen LogP contribution >= 0.6 is 0 Å². The number of aromatic nitrogens is 2. The fourth-order valence-electron chi connectivity index (χ4n) is 0.307. The largest absolute Gasteiger partial charge is 1.00 e. The van der Waals surface area contributed by atoms with Gasteiger partial charge in [-0.2, -0.15) is 5.16 Å². The van der Waals surface area contributed by atoms with Crippen molar-refractivity contribution in [1.29, 1.82) is 0 Å². The summed E-state index contributed by atoms with van der Waals surface area (Å²) in [6, 6.07) is 0. The van der Waals surface area contributed by atoms with Crippen LogP contribution in [0.25, 0.3) is 0 Å². The van der Waals surface area contributed by atoms with E-state index in [0.29, 0.717) is 0 Å². The second kappa shape index (κ2) is 3.05. The van der Waals surface area contributed by atoms with E-state index in [1.807, 2.05) is 5.16 Å². The van der Waals surface area contributed by atoms with E-state index < -0.39 is 11.4 Å². The molecule has 0 bridgehead atoms. The van der Waals surface area contributed by atoms with E-state index in [4.69, 9.17) is 0 Å². The number of hydrogen-bond donors (Lipinski definition) is 1. The van der Waals surface area contributed by atoms with E-state index in [1.165, 1.54) is 7.05 Å². The van der Waals surface area contributed by atoms with E-state index in [2.05, 4.69) is 4.52 Å². The van der Waals surface area contributed by atoms with Crippen LogP contribution in [0.1, 0.15) is 0 Å². The van der Waals surface area contributed by atoms with Gasteiger partial charge in [0.15, 0.2) is 0 Å². The van der Waals surface area contributed by atoms with Crippen molar-refractivity contribution in [2.24, 2.45) is 7.05 Å². The van der Waals surface area contributed by atoms with Crippen molar-refractivity contribution in [2.75, 3.05) is 0 Å². The minimum atomic E-state index is -0.671. The minimum Gasteiger partial charge on any atom is -0.320 e. The average Bonchev–Trinajstić information content (AvgIpc) is 1.98. The van der Waals surface area contributed by atoms with E-state index in [-0.39, 0.29) is 29.6 Å². The molecule has 0 saturated heterocycles. The van der Waals surface area contributed by atoms with Gasteiger partial charge in [-0.1, -0.05) is 0 Å². The van der Waals surface area contributed by atoms with Crippen LogP contribution in [0.5, 0.6) is 0 Å². The first-order valence-electron chi connectivity index (χ1n) is 1.96. The minimum absolute atomic E-state index is 0. The smallest absolute Gasteiger partial charge is 0.320 e. The maximum Gasteiger partial charge on any atom is 1.00 e. The SMILES string of the molecule is Cn1c(=O)[nH]oc1=O.[Na+]. The maximum absolute atomic E-state index is 10.3. The zero-order valence-corrected chi connectivity index (χ0v) is 7.17. The third kappa shape index (κ3) is 1.57. The molecule has 6 heteroatoms. The van der Waals surface area contributed by atoms with Gasteiger partial charge in [0.25, 0.3) is 0 Å². The van der Waals surface area contributed by atoms with E-state index >= 15 is 0 Å². The molecule has 0 radical (unpaired) electrons. The molecule has 1 heterocycles. The molecule has 0 saturated carbocycles. The molecule has 44 valence electrons. The normalized spacial score (nSPS) is 8.56. The van der Waals surface area contributed by atoms with Gasteiger partial charge >= 0.3 is 41.0 Å². The summed E-state index contributed by atoms with van der Waals surface area (Å²) in [5.41, 5.74) is -0.532. The fourth-order valence-corrected chi connectivity index (χ4v) is 0.307. The molecule has 1 rings (SSSR count). The first kappa shape index (κ1) is 8.74. The van der Waals surface area contributed by atoms with Crippen molar-refractivity contribution < 1.29 is 34.1 Å². The van der Waals surface area contributed by atoms with Crippen molar-refractivity contribution in [1.82, 2.24) is 9.72 Å². The third-order valence-electron chi connectivity index (χ3n) is 0.804. The summed E-state index contributed by atoms with van der Waals surface area (Å²) < 4.78 is 4.90. The number of nitrogens with one attached hydrogen (secondary N) is 1. The second-order valence-corrected chi connectivity index (χ2v) is 1.33. The van der Waals surface area contributed by atoms with Gasteiger partial charge in [0, 0.05) is 7.05 Å². The van der Waals surface area contributed by atoms with Crippen molar-refractivity contribution in [3.63, 3.8) is 0 Å². The second-order valence-electron chi connectivity index (χ2n) is 1.33. The predicted molar refractivity (Wildman–Crippen MR) is 24.6 cm³/mol. The molecule has 0 aliphatic rings. The van der Waals surface area contributed by atoms with Gasteiger partial charge in [-0.15, -0.1) is 0 Å². The molecule has 5 nitrogen and oxygen atoms in total. The van der Waals surface area contributed by atoms with Gasteiger partial charge in [-0.3, -0.25) is 0 Å². The summed E-state index contributed by atoms with van der Waals surface area (Å²) in [5, 5.41) is 1.86. The molecule has 0 aliphatic carbocycles. The average molecular weight is 139 g/mol. The fraction of sp³-hybridized carbons (Fsp3) is 0.333. The van der Waals surface area contributed by atoms with Gasteiger partial charge in [0.05, 0.1) is 0 Å². The summed E-state index contributed by atoms with van der Waals surface area (Å²) in [6.45, 7) is 0. The Morgan fingerprint density at radius 1 is 1.56 bits per heavy atom. The Morgan fingerprint density at radius 3 is 2.22 bits per heavy atom. The summed E-state index contributed by atoms with van der Waals surface area (Å²) in [5.74, 6) is -0.671. The molecule has 0 fully saturated rings. The molecular weight excluding hydrogens is 135 g/mol. The van der Waals surface area contributed by atoms with Crippen molar-refractivity contribution >= 4 is 0 Å². The third-order valence-corrected chi connectivity index (χ3v) is 0.804. The number of hydrogen-bond acceptors (Lipinski definition) is 3. The first-order chi connectivity index (χ1) is 3.72. The number of H-pyrrole nitrogens is 1. The molecular formula is C3H4N2NaO3+. The molecule has 0 amide bonds. The molecule has 0 aromatic carbocycles. The Kier molecular flexibility index (Phi) is 2.96. The number of aromatic amines is 1.